The van der Waals surface area contributed by atoms with E-state index in [9.17, 15) is 14.4 Å². The van der Waals surface area contributed by atoms with Gasteiger partial charge in [-0.3, -0.25) is 19.1 Å². The minimum absolute atomic E-state index is 0.124. The Balaban J connectivity index is 1.62. The fourth-order valence-corrected chi connectivity index (χ4v) is 3.37. The van der Waals surface area contributed by atoms with Crippen molar-refractivity contribution in [3.63, 3.8) is 0 Å². The molecule has 0 atom stereocenters. The van der Waals surface area contributed by atoms with Crippen LogP contribution in [0.25, 0.3) is 0 Å². The summed E-state index contributed by atoms with van der Waals surface area (Å²) in [6.45, 7) is 5.23. The summed E-state index contributed by atoms with van der Waals surface area (Å²) in [5, 5.41) is 16.1. The maximum Gasteiger partial charge on any atom is 0.306 e. The van der Waals surface area contributed by atoms with E-state index in [1.54, 1.807) is 39.9 Å². The largest absolute Gasteiger partial charge is 0.481 e. The maximum atomic E-state index is 12.6. The van der Waals surface area contributed by atoms with Gasteiger partial charge in [-0.05, 0) is 57.0 Å². The van der Waals surface area contributed by atoms with Gasteiger partial charge >= 0.3 is 5.97 Å². The summed E-state index contributed by atoms with van der Waals surface area (Å²) in [5.41, 5.74) is 2.37. The highest BCUT2D eigenvalue weighted by molar-refractivity contribution is 6.03. The molecule has 2 N–H and O–H groups in total. The predicted molar refractivity (Wildman–Crippen MR) is 103 cm³/mol. The summed E-state index contributed by atoms with van der Waals surface area (Å²) in [6, 6.07) is 8.45. The molecule has 2 amide bonds. The van der Waals surface area contributed by atoms with Gasteiger partial charge in [-0.15, -0.1) is 0 Å². The van der Waals surface area contributed by atoms with Gasteiger partial charge in [0.15, 0.2) is 0 Å². The van der Waals surface area contributed by atoms with E-state index in [0.29, 0.717) is 49.4 Å². The van der Waals surface area contributed by atoms with E-state index >= 15 is 0 Å². The third-order valence-corrected chi connectivity index (χ3v) is 4.96. The Hall–Kier alpha value is -3.16. The van der Waals surface area contributed by atoms with Crippen molar-refractivity contribution in [2.24, 2.45) is 5.92 Å². The van der Waals surface area contributed by atoms with Gasteiger partial charge in [-0.1, -0.05) is 0 Å². The fourth-order valence-electron chi connectivity index (χ4n) is 3.37. The first-order valence-electron chi connectivity index (χ1n) is 9.37. The van der Waals surface area contributed by atoms with Crippen molar-refractivity contribution >= 4 is 23.5 Å². The monoisotopic (exact) mass is 384 g/mol. The van der Waals surface area contributed by atoms with Crippen LogP contribution in [0.15, 0.2) is 30.3 Å². The summed E-state index contributed by atoms with van der Waals surface area (Å²) in [5.74, 6) is -1.55. The van der Waals surface area contributed by atoms with E-state index in [2.05, 4.69) is 10.4 Å². The number of carboxylic acid groups (broad SMARTS) is 1. The van der Waals surface area contributed by atoms with Crippen molar-refractivity contribution in [1.82, 2.24) is 14.7 Å². The number of carbonyl (C=O) groups is 3. The zero-order valence-corrected chi connectivity index (χ0v) is 16.0. The third-order valence-electron chi connectivity index (χ3n) is 4.96. The highest BCUT2D eigenvalue weighted by Crippen LogP contribution is 2.20. The number of anilines is 1. The number of rotatable bonds is 5. The molecule has 1 aliphatic rings. The second-order valence-electron chi connectivity index (χ2n) is 6.92. The molecule has 1 aromatic heterocycles. The van der Waals surface area contributed by atoms with Crippen molar-refractivity contribution < 1.29 is 19.5 Å². The van der Waals surface area contributed by atoms with Crippen LogP contribution in [-0.2, 0) is 11.3 Å². The number of hydrogen-bond acceptors (Lipinski definition) is 4. The summed E-state index contributed by atoms with van der Waals surface area (Å²) in [6.07, 6.45) is 0.944. The van der Waals surface area contributed by atoms with Gasteiger partial charge in [0.1, 0.15) is 5.69 Å². The van der Waals surface area contributed by atoms with Gasteiger partial charge in [0.2, 0.25) is 0 Å². The molecule has 8 heteroatoms. The molecule has 28 heavy (non-hydrogen) atoms. The van der Waals surface area contributed by atoms with Crippen molar-refractivity contribution in [3.8, 4) is 0 Å². The van der Waals surface area contributed by atoms with Crippen LogP contribution in [0, 0.1) is 12.8 Å². The second-order valence-corrected chi connectivity index (χ2v) is 6.92. The van der Waals surface area contributed by atoms with Gasteiger partial charge < -0.3 is 15.3 Å². The number of likely N-dealkylation sites (tertiary alicyclic amines) is 1. The first-order valence-corrected chi connectivity index (χ1v) is 9.37. The molecule has 2 heterocycles. The van der Waals surface area contributed by atoms with Gasteiger partial charge in [0.25, 0.3) is 11.8 Å². The zero-order valence-electron chi connectivity index (χ0n) is 16.0. The Morgan fingerprint density at radius 3 is 2.39 bits per heavy atom. The highest BCUT2D eigenvalue weighted by Gasteiger charge is 2.27. The average molecular weight is 384 g/mol. The van der Waals surface area contributed by atoms with E-state index in [1.807, 2.05) is 13.8 Å². The Bertz CT molecular complexity index is 880. The van der Waals surface area contributed by atoms with Crippen molar-refractivity contribution in [2.45, 2.75) is 33.2 Å². The van der Waals surface area contributed by atoms with E-state index in [-0.39, 0.29) is 17.7 Å². The lowest BCUT2D eigenvalue weighted by Crippen LogP contribution is -2.40. The predicted octanol–water partition coefficient (Wildman–Crippen LogP) is 2.40. The van der Waals surface area contributed by atoms with Crippen molar-refractivity contribution in [2.75, 3.05) is 18.4 Å². The molecule has 1 fully saturated rings. The molecular formula is C20H24N4O4. The summed E-state index contributed by atoms with van der Waals surface area (Å²) in [4.78, 5) is 37.8. The second kappa shape index (κ2) is 8.24. The molecule has 0 saturated carbocycles. The van der Waals surface area contributed by atoms with Crippen LogP contribution >= 0.6 is 0 Å². The Morgan fingerprint density at radius 1 is 1.18 bits per heavy atom. The first-order chi connectivity index (χ1) is 13.4. The number of piperidine rings is 1. The highest BCUT2D eigenvalue weighted by atomic mass is 16.4. The number of carboxylic acids is 1. The quantitative estimate of drug-likeness (QED) is 0.824. The molecule has 3 rings (SSSR count). The van der Waals surface area contributed by atoms with Gasteiger partial charge in [0.05, 0.1) is 11.6 Å². The molecule has 0 aliphatic carbocycles. The van der Waals surface area contributed by atoms with Crippen LogP contribution in [-0.4, -0.2) is 50.7 Å². The van der Waals surface area contributed by atoms with E-state index in [1.165, 1.54) is 0 Å². The number of hydrogen-bond donors (Lipinski definition) is 2. The van der Waals surface area contributed by atoms with Gasteiger partial charge in [-0.25, -0.2) is 0 Å². The molecule has 0 spiro atoms. The van der Waals surface area contributed by atoms with Crippen LogP contribution < -0.4 is 5.32 Å². The minimum Gasteiger partial charge on any atom is -0.481 e. The molecule has 1 aromatic carbocycles. The molecule has 1 aliphatic heterocycles. The Kier molecular flexibility index (Phi) is 5.77. The number of carbonyl (C=O) groups excluding carboxylic acids is 2. The normalized spacial score (nSPS) is 14.7. The number of aliphatic carboxylic acids is 1. The molecule has 0 bridgehead atoms. The van der Waals surface area contributed by atoms with Crippen molar-refractivity contribution in [3.05, 3.63) is 47.3 Å². The molecule has 148 valence electrons. The topological polar surface area (TPSA) is 105 Å². The number of nitrogens with one attached hydrogen (secondary N) is 1. The molecule has 8 nitrogen and oxygen atoms in total. The van der Waals surface area contributed by atoms with Gasteiger partial charge in [0, 0.05) is 30.9 Å². The summed E-state index contributed by atoms with van der Waals surface area (Å²) >= 11 is 0. The number of amides is 2. The van der Waals surface area contributed by atoms with Crippen LogP contribution in [0.3, 0.4) is 0 Å². The molecule has 0 radical (unpaired) electrons. The van der Waals surface area contributed by atoms with Crippen LogP contribution in [0.2, 0.25) is 0 Å². The Labute approximate surface area is 163 Å². The Morgan fingerprint density at radius 2 is 1.82 bits per heavy atom. The zero-order chi connectivity index (χ0) is 20.3. The lowest BCUT2D eigenvalue weighted by atomic mass is 9.96. The standard InChI is InChI=1S/C20H24N4O4/c1-3-24-17(12-13(2)22-24)18(25)21-16-6-4-14(5-7-16)19(26)23-10-8-15(9-11-23)20(27)28/h4-7,12,15H,3,8-11H2,1-2H3,(H,21,25)(H,27,28). The number of benzene rings is 1. The van der Waals surface area contributed by atoms with Crippen LogP contribution in [0.5, 0.6) is 0 Å². The van der Waals surface area contributed by atoms with E-state index < -0.39 is 5.97 Å². The van der Waals surface area contributed by atoms with Gasteiger partial charge in [-0.2, -0.15) is 5.10 Å². The molecular weight excluding hydrogens is 360 g/mol. The van der Waals surface area contributed by atoms with E-state index in [0.717, 1.165) is 5.69 Å². The fraction of sp³-hybridized carbons (Fsp3) is 0.400. The van der Waals surface area contributed by atoms with Crippen LogP contribution in [0.4, 0.5) is 5.69 Å². The minimum atomic E-state index is -0.799. The lowest BCUT2D eigenvalue weighted by Gasteiger charge is -2.30. The van der Waals surface area contributed by atoms with Crippen LogP contribution in [0.1, 0.15) is 46.3 Å². The molecule has 2 aromatic rings. The van der Waals surface area contributed by atoms with Crippen molar-refractivity contribution in [1.29, 1.82) is 0 Å². The lowest BCUT2D eigenvalue weighted by molar-refractivity contribution is -0.143. The summed E-state index contributed by atoms with van der Waals surface area (Å²) < 4.78 is 1.64. The maximum absolute atomic E-state index is 12.6. The third kappa shape index (κ3) is 4.21. The molecule has 0 unspecified atom stereocenters. The number of nitrogens with zero attached hydrogens (tertiary/aromatic N) is 3. The summed E-state index contributed by atoms with van der Waals surface area (Å²) in [7, 11) is 0. The number of aryl methyl sites for hydroxylation is 2. The smallest absolute Gasteiger partial charge is 0.306 e. The van der Waals surface area contributed by atoms with E-state index in [4.69, 9.17) is 5.11 Å². The molecule has 1 saturated heterocycles. The average Bonchev–Trinajstić information content (AvgIpc) is 3.09. The number of aromatic nitrogens is 2. The first kappa shape index (κ1) is 19.6. The SMILES string of the molecule is CCn1nc(C)cc1C(=O)Nc1ccc(C(=O)N2CCC(C(=O)O)CC2)cc1.